The molecule has 0 amide bonds. The maximum Gasteiger partial charge on any atom is 0.0227 e. The van der Waals surface area contributed by atoms with Crippen LogP contribution in [0, 0.1) is 11.8 Å². The lowest BCUT2D eigenvalue weighted by atomic mass is 9.96. The van der Waals surface area contributed by atoms with Crippen LogP contribution in [0.3, 0.4) is 0 Å². The molecule has 136 valence electrons. The van der Waals surface area contributed by atoms with E-state index in [1.54, 1.807) is 0 Å². The third-order valence-electron chi connectivity index (χ3n) is 6.08. The molecular weight excluding hydrogens is 280 g/mol. The summed E-state index contributed by atoms with van der Waals surface area (Å²) in [6.07, 6.45) is 12.7. The first-order valence-corrected chi connectivity index (χ1v) is 10.6. The lowest BCUT2D eigenvalue weighted by Crippen LogP contribution is -2.54. The summed E-state index contributed by atoms with van der Waals surface area (Å²) in [7, 11) is 0. The van der Waals surface area contributed by atoms with Crippen LogP contribution >= 0.6 is 0 Å². The van der Waals surface area contributed by atoms with Crippen molar-refractivity contribution in [3.05, 3.63) is 0 Å². The standard InChI is InChI=1S/C21H42N2/c1-5-9-19(10-6-2)15-23-20-12-13-21(23)17-22(16-20)14-8-7-11-18(3)4/h18-21H,5-17H2,1-4H3/t20-,21+. The minimum absolute atomic E-state index is 0.870. The van der Waals surface area contributed by atoms with E-state index in [9.17, 15) is 0 Å². The van der Waals surface area contributed by atoms with Crippen LogP contribution in [-0.2, 0) is 0 Å². The molecule has 0 N–H and O–H groups in total. The molecule has 0 radical (unpaired) electrons. The molecule has 2 aliphatic heterocycles. The Balaban J connectivity index is 1.75. The summed E-state index contributed by atoms with van der Waals surface area (Å²) in [6, 6.07) is 1.74. The van der Waals surface area contributed by atoms with Crippen LogP contribution < -0.4 is 0 Å². The second kappa shape index (κ2) is 10.0. The monoisotopic (exact) mass is 322 g/mol. The van der Waals surface area contributed by atoms with Gasteiger partial charge in [-0.05, 0) is 50.5 Å². The SMILES string of the molecule is CCCC(CCC)CN1[C@@H]2CC[C@H]1CN(CCCCC(C)C)C2. The van der Waals surface area contributed by atoms with Crippen molar-refractivity contribution in [2.24, 2.45) is 11.8 Å². The van der Waals surface area contributed by atoms with Gasteiger partial charge in [0.1, 0.15) is 0 Å². The Hall–Kier alpha value is -0.0800. The van der Waals surface area contributed by atoms with Crippen molar-refractivity contribution in [3.8, 4) is 0 Å². The number of nitrogens with zero attached hydrogens (tertiary/aromatic N) is 2. The summed E-state index contributed by atoms with van der Waals surface area (Å²) in [5.74, 6) is 1.82. The number of hydrogen-bond donors (Lipinski definition) is 0. The Morgan fingerprint density at radius 2 is 1.48 bits per heavy atom. The van der Waals surface area contributed by atoms with Crippen LogP contribution in [0.4, 0.5) is 0 Å². The Morgan fingerprint density at radius 1 is 0.870 bits per heavy atom. The fourth-order valence-corrected chi connectivity index (χ4v) is 4.89. The fraction of sp³-hybridized carbons (Fsp3) is 1.00. The second-order valence-corrected chi connectivity index (χ2v) is 8.67. The lowest BCUT2D eigenvalue weighted by Gasteiger charge is -2.42. The normalized spacial score (nSPS) is 25.8. The van der Waals surface area contributed by atoms with Crippen LogP contribution in [0.5, 0.6) is 0 Å². The molecule has 0 saturated carbocycles. The van der Waals surface area contributed by atoms with E-state index in [-0.39, 0.29) is 0 Å². The van der Waals surface area contributed by atoms with Gasteiger partial charge in [-0.25, -0.2) is 0 Å². The average molecular weight is 323 g/mol. The highest BCUT2D eigenvalue weighted by Gasteiger charge is 2.39. The zero-order chi connectivity index (χ0) is 16.7. The summed E-state index contributed by atoms with van der Waals surface area (Å²) in [5.41, 5.74) is 0. The highest BCUT2D eigenvalue weighted by Crippen LogP contribution is 2.32. The van der Waals surface area contributed by atoms with E-state index >= 15 is 0 Å². The number of fused-ring (bicyclic) bond motifs is 2. The zero-order valence-electron chi connectivity index (χ0n) is 16.4. The summed E-state index contributed by atoms with van der Waals surface area (Å²) < 4.78 is 0. The Labute approximate surface area is 146 Å². The minimum atomic E-state index is 0.870. The molecule has 0 spiro atoms. The van der Waals surface area contributed by atoms with Gasteiger partial charge in [-0.2, -0.15) is 0 Å². The average Bonchev–Trinajstić information content (AvgIpc) is 2.74. The number of hydrogen-bond acceptors (Lipinski definition) is 2. The zero-order valence-corrected chi connectivity index (χ0v) is 16.4. The molecule has 2 nitrogen and oxygen atoms in total. The molecule has 0 aliphatic carbocycles. The molecule has 2 fully saturated rings. The predicted octanol–water partition coefficient (Wildman–Crippen LogP) is 5.18. The van der Waals surface area contributed by atoms with E-state index in [0.717, 1.165) is 23.9 Å². The van der Waals surface area contributed by atoms with Crippen LogP contribution in [0.2, 0.25) is 0 Å². The maximum absolute atomic E-state index is 2.92. The van der Waals surface area contributed by atoms with Gasteiger partial charge >= 0.3 is 0 Å². The smallest absolute Gasteiger partial charge is 0.0227 e. The van der Waals surface area contributed by atoms with Gasteiger partial charge in [0, 0.05) is 31.7 Å². The molecule has 0 unspecified atom stereocenters. The van der Waals surface area contributed by atoms with E-state index in [0.29, 0.717) is 0 Å². The maximum atomic E-state index is 2.92. The third-order valence-corrected chi connectivity index (χ3v) is 6.08. The van der Waals surface area contributed by atoms with E-state index < -0.39 is 0 Å². The number of rotatable bonds is 11. The van der Waals surface area contributed by atoms with Crippen molar-refractivity contribution in [2.75, 3.05) is 26.2 Å². The molecule has 2 heterocycles. The van der Waals surface area contributed by atoms with Gasteiger partial charge in [-0.1, -0.05) is 53.4 Å². The van der Waals surface area contributed by atoms with Gasteiger partial charge in [0.2, 0.25) is 0 Å². The lowest BCUT2D eigenvalue weighted by molar-refractivity contribution is 0.0508. The van der Waals surface area contributed by atoms with Gasteiger partial charge in [-0.15, -0.1) is 0 Å². The third kappa shape index (κ3) is 6.05. The fourth-order valence-electron chi connectivity index (χ4n) is 4.89. The molecule has 0 aromatic carbocycles. The first kappa shape index (κ1) is 19.2. The van der Waals surface area contributed by atoms with E-state index in [2.05, 4.69) is 37.5 Å². The van der Waals surface area contributed by atoms with Crippen molar-refractivity contribution in [1.82, 2.24) is 9.80 Å². The number of piperazine rings is 1. The second-order valence-electron chi connectivity index (χ2n) is 8.67. The van der Waals surface area contributed by atoms with Crippen molar-refractivity contribution in [2.45, 2.75) is 97.6 Å². The van der Waals surface area contributed by atoms with Crippen molar-refractivity contribution in [3.63, 3.8) is 0 Å². The van der Waals surface area contributed by atoms with Gasteiger partial charge in [0.15, 0.2) is 0 Å². The van der Waals surface area contributed by atoms with Crippen molar-refractivity contribution in [1.29, 1.82) is 0 Å². The summed E-state index contributed by atoms with van der Waals surface area (Å²) >= 11 is 0. The van der Waals surface area contributed by atoms with E-state index in [4.69, 9.17) is 0 Å². The van der Waals surface area contributed by atoms with Gasteiger partial charge in [-0.3, -0.25) is 4.90 Å². The minimum Gasteiger partial charge on any atom is -0.300 e. The van der Waals surface area contributed by atoms with E-state index in [1.807, 2.05) is 0 Å². The highest BCUT2D eigenvalue weighted by molar-refractivity contribution is 4.96. The topological polar surface area (TPSA) is 6.48 Å². The Kier molecular flexibility index (Phi) is 8.40. The van der Waals surface area contributed by atoms with Crippen LogP contribution in [0.25, 0.3) is 0 Å². The van der Waals surface area contributed by atoms with E-state index in [1.165, 1.54) is 84.0 Å². The molecule has 2 heteroatoms. The van der Waals surface area contributed by atoms with Crippen molar-refractivity contribution < 1.29 is 0 Å². The largest absolute Gasteiger partial charge is 0.300 e. The predicted molar refractivity (Wildman–Crippen MR) is 102 cm³/mol. The quantitative estimate of drug-likeness (QED) is 0.484. The first-order valence-electron chi connectivity index (χ1n) is 10.6. The number of unbranched alkanes of at least 4 members (excludes halogenated alkanes) is 1. The molecule has 0 aromatic heterocycles. The Bertz CT molecular complexity index is 295. The molecule has 2 saturated heterocycles. The van der Waals surface area contributed by atoms with Gasteiger partial charge < -0.3 is 4.90 Å². The van der Waals surface area contributed by atoms with Gasteiger partial charge in [0.25, 0.3) is 0 Å². The summed E-state index contributed by atoms with van der Waals surface area (Å²) in [4.78, 5) is 5.70. The molecular formula is C21H42N2. The summed E-state index contributed by atoms with van der Waals surface area (Å²) in [6.45, 7) is 14.8. The van der Waals surface area contributed by atoms with Crippen LogP contribution in [0.1, 0.15) is 85.5 Å². The summed E-state index contributed by atoms with van der Waals surface area (Å²) in [5, 5.41) is 0. The molecule has 2 atom stereocenters. The Morgan fingerprint density at radius 3 is 2.00 bits per heavy atom. The molecule has 23 heavy (non-hydrogen) atoms. The molecule has 2 aliphatic rings. The highest BCUT2D eigenvalue weighted by atomic mass is 15.3. The first-order chi connectivity index (χ1) is 11.1. The van der Waals surface area contributed by atoms with Gasteiger partial charge in [0.05, 0.1) is 0 Å². The van der Waals surface area contributed by atoms with Crippen molar-refractivity contribution >= 4 is 0 Å². The molecule has 2 bridgehead atoms. The van der Waals surface area contributed by atoms with Crippen LogP contribution in [0.15, 0.2) is 0 Å². The molecule has 0 aromatic rings. The van der Waals surface area contributed by atoms with Crippen LogP contribution in [-0.4, -0.2) is 48.1 Å². The molecule has 2 rings (SSSR count). The number of likely N-dealkylation sites (tertiary alicyclic amines) is 1.